The molecule has 1 saturated heterocycles. The first-order chi connectivity index (χ1) is 7.84. The van der Waals surface area contributed by atoms with Gasteiger partial charge in [-0.15, -0.1) is 11.8 Å². The molecule has 2 aliphatic heterocycles. The SMILES string of the molecule is O=C(C1Cc2ccccc2S1)N1CCCC1. The van der Waals surface area contributed by atoms with E-state index in [0.29, 0.717) is 5.91 Å². The van der Waals surface area contributed by atoms with Crippen LogP contribution in [0.2, 0.25) is 0 Å². The molecule has 84 valence electrons. The summed E-state index contributed by atoms with van der Waals surface area (Å²) in [6.45, 7) is 1.93. The molecule has 0 spiro atoms. The van der Waals surface area contributed by atoms with Crippen molar-refractivity contribution in [2.75, 3.05) is 13.1 Å². The molecular weight excluding hydrogens is 218 g/mol. The molecule has 0 saturated carbocycles. The van der Waals surface area contributed by atoms with Crippen LogP contribution in [0.4, 0.5) is 0 Å². The fraction of sp³-hybridized carbons (Fsp3) is 0.462. The van der Waals surface area contributed by atoms with Crippen LogP contribution < -0.4 is 0 Å². The number of thioether (sulfide) groups is 1. The summed E-state index contributed by atoms with van der Waals surface area (Å²) >= 11 is 1.74. The second-order valence-corrected chi connectivity index (χ2v) is 5.70. The number of carbonyl (C=O) groups is 1. The Hall–Kier alpha value is -0.960. The van der Waals surface area contributed by atoms with E-state index in [4.69, 9.17) is 0 Å². The summed E-state index contributed by atoms with van der Waals surface area (Å²) in [6.07, 6.45) is 3.27. The Morgan fingerprint density at radius 3 is 2.75 bits per heavy atom. The topological polar surface area (TPSA) is 20.3 Å². The fourth-order valence-electron chi connectivity index (χ4n) is 2.46. The van der Waals surface area contributed by atoms with Crippen molar-refractivity contribution in [3.8, 4) is 0 Å². The van der Waals surface area contributed by atoms with Crippen LogP contribution in [0.15, 0.2) is 29.2 Å². The summed E-state index contributed by atoms with van der Waals surface area (Å²) in [7, 11) is 0. The number of amides is 1. The van der Waals surface area contributed by atoms with Crippen LogP contribution in [-0.4, -0.2) is 29.1 Å². The van der Waals surface area contributed by atoms with Crippen LogP contribution in [0.25, 0.3) is 0 Å². The molecule has 1 unspecified atom stereocenters. The second-order valence-electron chi connectivity index (χ2n) is 4.45. The molecule has 2 nitrogen and oxygen atoms in total. The first-order valence-corrected chi connectivity index (χ1v) is 6.76. The van der Waals surface area contributed by atoms with Gasteiger partial charge in [0.15, 0.2) is 0 Å². The second kappa shape index (κ2) is 4.13. The Morgan fingerprint density at radius 1 is 1.25 bits per heavy atom. The number of nitrogens with zero attached hydrogens (tertiary/aromatic N) is 1. The van der Waals surface area contributed by atoms with Crippen LogP contribution in [0, 0.1) is 0 Å². The highest BCUT2D eigenvalue weighted by atomic mass is 32.2. The summed E-state index contributed by atoms with van der Waals surface area (Å²) in [5, 5.41) is 0.135. The third-order valence-corrected chi connectivity index (χ3v) is 4.65. The summed E-state index contributed by atoms with van der Waals surface area (Å²) in [4.78, 5) is 15.5. The van der Waals surface area contributed by atoms with Gasteiger partial charge in [-0.2, -0.15) is 0 Å². The molecular formula is C13H15NOS. The van der Waals surface area contributed by atoms with Crippen LogP contribution >= 0.6 is 11.8 Å². The van der Waals surface area contributed by atoms with Gasteiger partial charge in [-0.05, 0) is 30.9 Å². The molecule has 0 radical (unpaired) electrons. The Morgan fingerprint density at radius 2 is 2.00 bits per heavy atom. The van der Waals surface area contributed by atoms with Crippen molar-refractivity contribution in [1.82, 2.24) is 4.90 Å². The summed E-state index contributed by atoms with van der Waals surface area (Å²) in [6, 6.07) is 8.37. The molecule has 1 aromatic carbocycles. The molecule has 0 bridgehead atoms. The van der Waals surface area contributed by atoms with E-state index in [1.165, 1.54) is 23.3 Å². The van der Waals surface area contributed by atoms with Crippen molar-refractivity contribution in [3.05, 3.63) is 29.8 Å². The molecule has 1 aromatic rings. The molecule has 3 heteroatoms. The quantitative estimate of drug-likeness (QED) is 0.742. The van der Waals surface area contributed by atoms with Gasteiger partial charge < -0.3 is 4.90 Å². The summed E-state index contributed by atoms with van der Waals surface area (Å²) in [5.74, 6) is 0.346. The van der Waals surface area contributed by atoms with E-state index in [1.54, 1.807) is 11.8 Å². The summed E-state index contributed by atoms with van der Waals surface area (Å²) in [5.41, 5.74) is 1.34. The Balaban J connectivity index is 1.73. The van der Waals surface area contributed by atoms with Crippen LogP contribution in [0.1, 0.15) is 18.4 Å². The molecule has 1 amide bonds. The van der Waals surface area contributed by atoms with Gasteiger partial charge in [-0.25, -0.2) is 0 Å². The molecule has 1 atom stereocenters. The number of benzene rings is 1. The summed E-state index contributed by atoms with van der Waals surface area (Å²) < 4.78 is 0. The number of fused-ring (bicyclic) bond motifs is 1. The Kier molecular flexibility index (Phi) is 2.64. The maximum absolute atomic E-state index is 12.2. The molecule has 0 aliphatic carbocycles. The lowest BCUT2D eigenvalue weighted by Gasteiger charge is -2.18. The zero-order valence-electron chi connectivity index (χ0n) is 9.19. The minimum atomic E-state index is 0.135. The minimum absolute atomic E-state index is 0.135. The number of carbonyl (C=O) groups excluding carboxylic acids is 1. The van der Waals surface area contributed by atoms with Gasteiger partial charge in [0.05, 0.1) is 5.25 Å². The highest BCUT2D eigenvalue weighted by Crippen LogP contribution is 2.37. The number of rotatable bonds is 1. The molecule has 3 rings (SSSR count). The average Bonchev–Trinajstić information content (AvgIpc) is 2.97. The van der Waals surface area contributed by atoms with Gasteiger partial charge in [0.1, 0.15) is 0 Å². The maximum Gasteiger partial charge on any atom is 0.236 e. The number of hydrogen-bond acceptors (Lipinski definition) is 2. The predicted molar refractivity (Wildman–Crippen MR) is 65.6 cm³/mol. The molecule has 1 fully saturated rings. The number of hydrogen-bond donors (Lipinski definition) is 0. The third kappa shape index (κ3) is 1.73. The van der Waals surface area contributed by atoms with E-state index < -0.39 is 0 Å². The molecule has 0 N–H and O–H groups in total. The lowest BCUT2D eigenvalue weighted by molar-refractivity contribution is -0.129. The Labute approximate surface area is 100 Å². The zero-order valence-corrected chi connectivity index (χ0v) is 10.0. The van der Waals surface area contributed by atoms with E-state index in [-0.39, 0.29) is 5.25 Å². The minimum Gasteiger partial charge on any atom is -0.342 e. The normalized spacial score (nSPS) is 23.5. The van der Waals surface area contributed by atoms with Gasteiger partial charge in [0.25, 0.3) is 0 Å². The van der Waals surface area contributed by atoms with E-state index in [1.807, 2.05) is 4.90 Å². The van der Waals surface area contributed by atoms with Gasteiger partial charge in [-0.3, -0.25) is 4.79 Å². The van der Waals surface area contributed by atoms with Crippen molar-refractivity contribution >= 4 is 17.7 Å². The smallest absolute Gasteiger partial charge is 0.236 e. The van der Waals surface area contributed by atoms with E-state index in [9.17, 15) is 4.79 Å². The highest BCUT2D eigenvalue weighted by Gasteiger charge is 2.32. The first kappa shape index (κ1) is 10.2. The monoisotopic (exact) mass is 233 g/mol. The molecule has 2 heterocycles. The fourth-order valence-corrected chi connectivity index (χ4v) is 3.74. The van der Waals surface area contributed by atoms with Crippen molar-refractivity contribution in [3.63, 3.8) is 0 Å². The molecule has 2 aliphatic rings. The molecule has 0 aromatic heterocycles. The van der Waals surface area contributed by atoms with Crippen molar-refractivity contribution in [2.24, 2.45) is 0 Å². The van der Waals surface area contributed by atoms with Gasteiger partial charge >= 0.3 is 0 Å². The van der Waals surface area contributed by atoms with Crippen molar-refractivity contribution in [2.45, 2.75) is 29.4 Å². The van der Waals surface area contributed by atoms with Crippen molar-refractivity contribution < 1.29 is 4.79 Å². The van der Waals surface area contributed by atoms with Gasteiger partial charge in [-0.1, -0.05) is 18.2 Å². The van der Waals surface area contributed by atoms with Crippen LogP contribution in [-0.2, 0) is 11.2 Å². The average molecular weight is 233 g/mol. The Bertz CT molecular complexity index is 387. The lowest BCUT2D eigenvalue weighted by Crippen LogP contribution is -2.35. The highest BCUT2D eigenvalue weighted by molar-refractivity contribution is 8.01. The van der Waals surface area contributed by atoms with Crippen molar-refractivity contribution in [1.29, 1.82) is 0 Å². The largest absolute Gasteiger partial charge is 0.342 e. The van der Waals surface area contributed by atoms with Gasteiger partial charge in [0.2, 0.25) is 5.91 Å². The van der Waals surface area contributed by atoms with E-state index >= 15 is 0 Å². The standard InChI is InChI=1S/C13H15NOS/c15-13(14-7-3-4-8-14)12-9-10-5-1-2-6-11(10)16-12/h1-2,5-6,12H,3-4,7-9H2. The zero-order chi connectivity index (χ0) is 11.0. The van der Waals surface area contributed by atoms with E-state index in [0.717, 1.165) is 19.5 Å². The van der Waals surface area contributed by atoms with Crippen LogP contribution in [0.5, 0.6) is 0 Å². The van der Waals surface area contributed by atoms with E-state index in [2.05, 4.69) is 24.3 Å². The first-order valence-electron chi connectivity index (χ1n) is 5.88. The van der Waals surface area contributed by atoms with Crippen LogP contribution in [0.3, 0.4) is 0 Å². The van der Waals surface area contributed by atoms with Gasteiger partial charge in [0, 0.05) is 18.0 Å². The predicted octanol–water partition coefficient (Wildman–Crippen LogP) is 2.33. The maximum atomic E-state index is 12.2. The molecule has 16 heavy (non-hydrogen) atoms. The lowest BCUT2D eigenvalue weighted by atomic mass is 10.1. The number of likely N-dealkylation sites (tertiary alicyclic amines) is 1. The third-order valence-electron chi connectivity index (χ3n) is 3.34.